The molecule has 0 aromatic heterocycles. The van der Waals surface area contributed by atoms with Gasteiger partial charge in [-0.1, -0.05) is 30.0 Å². The second kappa shape index (κ2) is 8.80. The lowest BCUT2D eigenvalue weighted by molar-refractivity contribution is 0.223. The molecule has 0 amide bonds. The first kappa shape index (κ1) is 19.2. The zero-order valence-electron chi connectivity index (χ0n) is 14.9. The Morgan fingerprint density at radius 3 is 2.44 bits per heavy atom. The second-order valence-electron chi connectivity index (χ2n) is 5.97. The van der Waals surface area contributed by atoms with Crippen molar-refractivity contribution in [1.29, 1.82) is 0 Å². The summed E-state index contributed by atoms with van der Waals surface area (Å²) >= 11 is 0. The van der Waals surface area contributed by atoms with Crippen molar-refractivity contribution in [3.63, 3.8) is 0 Å². The second-order valence-corrected chi connectivity index (χ2v) is 5.97. The van der Waals surface area contributed by atoms with Gasteiger partial charge in [-0.3, -0.25) is 4.90 Å². The third-order valence-electron chi connectivity index (χ3n) is 4.60. The molecule has 0 saturated carbocycles. The maximum atomic E-state index is 5.45. The van der Waals surface area contributed by atoms with Crippen LogP contribution in [0.3, 0.4) is 0 Å². The van der Waals surface area contributed by atoms with Crippen LogP contribution in [-0.4, -0.2) is 32.2 Å². The first-order valence-electron chi connectivity index (χ1n) is 8.25. The molecule has 132 valence electrons. The van der Waals surface area contributed by atoms with Crippen molar-refractivity contribution in [2.45, 2.75) is 19.4 Å². The van der Waals surface area contributed by atoms with Crippen molar-refractivity contribution in [3.8, 4) is 23.3 Å². The number of hydrogen-bond donors (Lipinski definition) is 0. The third-order valence-corrected chi connectivity index (χ3v) is 4.60. The summed E-state index contributed by atoms with van der Waals surface area (Å²) in [6.07, 6.45) is 1.01. The summed E-state index contributed by atoms with van der Waals surface area (Å²) in [5.74, 6) is 8.14. The first-order valence-corrected chi connectivity index (χ1v) is 8.25. The van der Waals surface area contributed by atoms with E-state index in [0.717, 1.165) is 36.6 Å². The Bertz CT molecular complexity index is 765. The largest absolute Gasteiger partial charge is 0.493 e. The molecule has 25 heavy (non-hydrogen) atoms. The molecule has 4 heteroatoms. The van der Waals surface area contributed by atoms with E-state index in [0.29, 0.717) is 6.04 Å². The lowest BCUT2D eigenvalue weighted by Crippen LogP contribution is -2.34. The minimum atomic E-state index is 0. The van der Waals surface area contributed by atoms with Gasteiger partial charge in [0.15, 0.2) is 11.5 Å². The predicted molar refractivity (Wildman–Crippen MR) is 104 cm³/mol. The normalized spacial score (nSPS) is 16.0. The van der Waals surface area contributed by atoms with E-state index in [2.05, 4.69) is 35.8 Å². The number of fused-ring (bicyclic) bond motifs is 1. The summed E-state index contributed by atoms with van der Waals surface area (Å²) in [7, 11) is 3.36. The van der Waals surface area contributed by atoms with Crippen molar-refractivity contribution in [1.82, 2.24) is 4.90 Å². The maximum Gasteiger partial charge on any atom is 0.161 e. The van der Waals surface area contributed by atoms with Crippen LogP contribution in [0.1, 0.15) is 29.7 Å². The fourth-order valence-electron chi connectivity index (χ4n) is 3.18. The molecule has 0 spiro atoms. The van der Waals surface area contributed by atoms with Gasteiger partial charge in [-0.15, -0.1) is 12.4 Å². The molecule has 1 aliphatic rings. The molecular formula is C21H24ClNO2. The molecule has 0 radical (unpaired) electrons. The molecule has 3 nitrogen and oxygen atoms in total. The smallest absolute Gasteiger partial charge is 0.161 e. The standard InChI is InChI=1S/C21H23NO2.ClH/c1-16-19-15-21(24-3)20(23-2)14-18(19)11-13-22(16)12-7-10-17-8-5-4-6-9-17;/h4-6,8-9,14-16H,11-13H2,1-3H3;1H/t16-;/m0./s1. The van der Waals surface area contributed by atoms with Gasteiger partial charge in [0.1, 0.15) is 0 Å². The molecule has 1 atom stereocenters. The van der Waals surface area contributed by atoms with Gasteiger partial charge in [-0.25, -0.2) is 0 Å². The van der Waals surface area contributed by atoms with Gasteiger partial charge in [0, 0.05) is 18.2 Å². The Morgan fingerprint density at radius 2 is 1.76 bits per heavy atom. The Morgan fingerprint density at radius 1 is 1.08 bits per heavy atom. The van der Waals surface area contributed by atoms with E-state index < -0.39 is 0 Å². The van der Waals surface area contributed by atoms with E-state index in [1.807, 2.05) is 30.3 Å². The SMILES string of the molecule is COc1cc2c(cc1OC)[C@H](C)N(CC#Cc1ccccc1)CC2.Cl. The van der Waals surface area contributed by atoms with Crippen molar-refractivity contribution in [3.05, 3.63) is 59.2 Å². The summed E-state index contributed by atoms with van der Waals surface area (Å²) in [6, 6.07) is 14.7. The van der Waals surface area contributed by atoms with Gasteiger partial charge < -0.3 is 9.47 Å². The van der Waals surface area contributed by atoms with Crippen molar-refractivity contribution >= 4 is 12.4 Å². The fourth-order valence-corrected chi connectivity index (χ4v) is 3.18. The van der Waals surface area contributed by atoms with Crippen LogP contribution in [0.5, 0.6) is 11.5 Å². The van der Waals surface area contributed by atoms with E-state index in [1.165, 1.54) is 11.1 Å². The molecule has 0 aliphatic carbocycles. The van der Waals surface area contributed by atoms with E-state index in [-0.39, 0.29) is 12.4 Å². The van der Waals surface area contributed by atoms with Gasteiger partial charge in [0.25, 0.3) is 0 Å². The van der Waals surface area contributed by atoms with Gasteiger partial charge in [0.2, 0.25) is 0 Å². The predicted octanol–water partition coefficient (Wildman–Crippen LogP) is 4.10. The number of halogens is 1. The molecule has 0 N–H and O–H groups in total. The van der Waals surface area contributed by atoms with Crippen LogP contribution >= 0.6 is 12.4 Å². The summed E-state index contributed by atoms with van der Waals surface area (Å²) in [4.78, 5) is 2.41. The number of nitrogens with zero attached hydrogens (tertiary/aromatic N) is 1. The van der Waals surface area contributed by atoms with Crippen molar-refractivity contribution in [2.24, 2.45) is 0 Å². The highest BCUT2D eigenvalue weighted by Crippen LogP contribution is 2.37. The molecule has 0 saturated heterocycles. The van der Waals surface area contributed by atoms with E-state index in [4.69, 9.17) is 9.47 Å². The first-order chi connectivity index (χ1) is 11.7. The molecule has 2 aromatic rings. The van der Waals surface area contributed by atoms with Crippen molar-refractivity contribution < 1.29 is 9.47 Å². The van der Waals surface area contributed by atoms with Gasteiger partial charge in [-0.2, -0.15) is 0 Å². The Kier molecular flexibility index (Phi) is 6.75. The topological polar surface area (TPSA) is 21.7 Å². The minimum Gasteiger partial charge on any atom is -0.493 e. The summed E-state index contributed by atoms with van der Waals surface area (Å²) < 4.78 is 10.9. The maximum absolute atomic E-state index is 5.45. The molecule has 2 aromatic carbocycles. The average Bonchev–Trinajstić information content (AvgIpc) is 2.63. The molecule has 0 fully saturated rings. The Labute approximate surface area is 156 Å². The van der Waals surface area contributed by atoms with E-state index >= 15 is 0 Å². The number of benzene rings is 2. The summed E-state index contributed by atoms with van der Waals surface area (Å²) in [6.45, 7) is 4.01. The van der Waals surface area contributed by atoms with Gasteiger partial charge in [0.05, 0.1) is 20.8 Å². The van der Waals surface area contributed by atoms with Crippen LogP contribution in [0.15, 0.2) is 42.5 Å². The number of ether oxygens (including phenoxy) is 2. The van der Waals surface area contributed by atoms with Crippen LogP contribution < -0.4 is 9.47 Å². The van der Waals surface area contributed by atoms with E-state index in [9.17, 15) is 0 Å². The van der Waals surface area contributed by atoms with E-state index in [1.54, 1.807) is 14.2 Å². The van der Waals surface area contributed by atoms with Crippen LogP contribution in [0.4, 0.5) is 0 Å². The molecule has 0 unspecified atom stereocenters. The molecule has 1 aliphatic heterocycles. The van der Waals surface area contributed by atoms with Crippen LogP contribution in [0, 0.1) is 11.8 Å². The fraction of sp³-hybridized carbons (Fsp3) is 0.333. The van der Waals surface area contributed by atoms with Crippen LogP contribution in [0.2, 0.25) is 0 Å². The van der Waals surface area contributed by atoms with Gasteiger partial charge >= 0.3 is 0 Å². The quantitative estimate of drug-likeness (QED) is 0.772. The molecule has 1 heterocycles. The summed E-state index contributed by atoms with van der Waals surface area (Å²) in [5, 5.41) is 0. The number of methoxy groups -OCH3 is 2. The highest BCUT2D eigenvalue weighted by molar-refractivity contribution is 5.85. The third kappa shape index (κ3) is 4.28. The average molecular weight is 358 g/mol. The van der Waals surface area contributed by atoms with Gasteiger partial charge in [-0.05, 0) is 48.7 Å². The minimum absolute atomic E-state index is 0. The number of hydrogen-bond acceptors (Lipinski definition) is 3. The Balaban J connectivity index is 0.00000225. The Hall–Kier alpha value is -2.15. The highest BCUT2D eigenvalue weighted by Gasteiger charge is 2.25. The number of rotatable bonds is 3. The van der Waals surface area contributed by atoms with Crippen LogP contribution in [-0.2, 0) is 6.42 Å². The van der Waals surface area contributed by atoms with Crippen LogP contribution in [0.25, 0.3) is 0 Å². The summed E-state index contributed by atoms with van der Waals surface area (Å²) in [5.41, 5.74) is 3.71. The lowest BCUT2D eigenvalue weighted by Gasteiger charge is -2.34. The monoisotopic (exact) mass is 357 g/mol. The molecule has 3 rings (SSSR count). The lowest BCUT2D eigenvalue weighted by atomic mass is 9.93. The molecule has 0 bridgehead atoms. The van der Waals surface area contributed by atoms with Crippen molar-refractivity contribution in [2.75, 3.05) is 27.3 Å². The highest BCUT2D eigenvalue weighted by atomic mass is 35.5. The zero-order valence-corrected chi connectivity index (χ0v) is 15.7. The molecular weight excluding hydrogens is 334 g/mol. The zero-order chi connectivity index (χ0) is 16.9.